The maximum Gasteiger partial charge on any atom is 0.0630 e. The van der Waals surface area contributed by atoms with E-state index in [-0.39, 0.29) is 0 Å². The van der Waals surface area contributed by atoms with E-state index < -0.39 is 0 Å². The Bertz CT molecular complexity index is 149. The zero-order chi connectivity index (χ0) is 10.9. The molecule has 1 N–H and O–H groups in total. The van der Waals surface area contributed by atoms with Gasteiger partial charge >= 0.3 is 0 Å². The van der Waals surface area contributed by atoms with Crippen molar-refractivity contribution >= 4 is 11.8 Å². The van der Waals surface area contributed by atoms with Crippen LogP contribution in [0.5, 0.6) is 0 Å². The molecule has 2 nitrogen and oxygen atoms in total. The molecule has 0 aliphatic carbocycles. The van der Waals surface area contributed by atoms with Crippen LogP contribution in [0.3, 0.4) is 0 Å². The molecule has 1 saturated heterocycles. The van der Waals surface area contributed by atoms with Crippen molar-refractivity contribution in [2.24, 2.45) is 0 Å². The Morgan fingerprint density at radius 2 is 2.27 bits per heavy atom. The van der Waals surface area contributed by atoms with Crippen LogP contribution in [0.4, 0.5) is 0 Å². The Kier molecular flexibility index (Phi) is 7.49. The minimum Gasteiger partial charge on any atom is -0.380 e. The van der Waals surface area contributed by atoms with Crippen LogP contribution in [0.2, 0.25) is 0 Å². The van der Waals surface area contributed by atoms with E-state index in [0.717, 1.165) is 31.4 Å². The average molecular weight is 231 g/mol. The molecule has 1 fully saturated rings. The van der Waals surface area contributed by atoms with Crippen molar-refractivity contribution < 1.29 is 4.74 Å². The molecule has 0 amide bonds. The summed E-state index contributed by atoms with van der Waals surface area (Å²) < 4.78 is 5.68. The summed E-state index contributed by atoms with van der Waals surface area (Å²) in [5.74, 6) is 1.34. The maximum absolute atomic E-state index is 5.68. The first-order valence-corrected chi connectivity index (χ1v) is 7.36. The molecule has 0 bridgehead atoms. The minimum atomic E-state index is 0.573. The summed E-state index contributed by atoms with van der Waals surface area (Å²) in [6, 6.07) is 0.573. The lowest BCUT2D eigenvalue weighted by Gasteiger charge is -2.24. The van der Waals surface area contributed by atoms with Gasteiger partial charge in [-0.1, -0.05) is 13.8 Å². The zero-order valence-corrected chi connectivity index (χ0v) is 10.9. The molecule has 0 saturated carbocycles. The van der Waals surface area contributed by atoms with Gasteiger partial charge in [-0.3, -0.25) is 0 Å². The monoisotopic (exact) mass is 231 g/mol. The van der Waals surface area contributed by atoms with Crippen molar-refractivity contribution in [2.75, 3.05) is 25.5 Å². The van der Waals surface area contributed by atoms with Gasteiger partial charge in [0.15, 0.2) is 0 Å². The minimum absolute atomic E-state index is 0.573. The predicted octanol–water partition coefficient (Wildman–Crippen LogP) is 2.68. The third kappa shape index (κ3) is 5.23. The van der Waals surface area contributed by atoms with Crippen LogP contribution in [-0.4, -0.2) is 36.8 Å². The Hall–Kier alpha value is 0.270. The van der Waals surface area contributed by atoms with Crippen molar-refractivity contribution in [3.05, 3.63) is 0 Å². The Balaban J connectivity index is 2.23. The molecule has 1 aliphatic heterocycles. The molecule has 0 spiro atoms. The number of nitrogens with one attached hydrogen (secondary N) is 1. The van der Waals surface area contributed by atoms with E-state index in [4.69, 9.17) is 4.74 Å². The summed E-state index contributed by atoms with van der Waals surface area (Å²) in [6.45, 7) is 7.31. The van der Waals surface area contributed by atoms with Crippen LogP contribution < -0.4 is 5.32 Å². The SMILES string of the molecule is CCCNC(COCCC)C1CCCS1. The molecule has 2 atom stereocenters. The lowest BCUT2D eigenvalue weighted by atomic mass is 10.1. The lowest BCUT2D eigenvalue weighted by molar-refractivity contribution is 0.111. The number of hydrogen-bond donors (Lipinski definition) is 1. The molecule has 1 aliphatic rings. The van der Waals surface area contributed by atoms with Crippen molar-refractivity contribution in [1.82, 2.24) is 5.32 Å². The molecule has 0 aromatic carbocycles. The molecule has 1 rings (SSSR count). The van der Waals surface area contributed by atoms with E-state index in [1.54, 1.807) is 0 Å². The van der Waals surface area contributed by atoms with Crippen LogP contribution in [0.15, 0.2) is 0 Å². The first kappa shape index (κ1) is 13.3. The fourth-order valence-corrected chi connectivity index (χ4v) is 3.28. The van der Waals surface area contributed by atoms with Gasteiger partial charge in [-0.15, -0.1) is 0 Å². The first-order valence-electron chi connectivity index (χ1n) is 6.31. The molecular weight excluding hydrogens is 206 g/mol. The molecule has 1 heterocycles. The lowest BCUT2D eigenvalue weighted by Crippen LogP contribution is -2.41. The summed E-state index contributed by atoms with van der Waals surface area (Å²) in [6.07, 6.45) is 5.08. The topological polar surface area (TPSA) is 21.3 Å². The molecular formula is C12H25NOS. The van der Waals surface area contributed by atoms with Gasteiger partial charge in [0.25, 0.3) is 0 Å². The van der Waals surface area contributed by atoms with Crippen molar-refractivity contribution in [2.45, 2.75) is 50.8 Å². The highest BCUT2D eigenvalue weighted by molar-refractivity contribution is 8.00. The summed E-state index contributed by atoms with van der Waals surface area (Å²) >= 11 is 2.12. The highest BCUT2D eigenvalue weighted by atomic mass is 32.2. The molecule has 2 unspecified atom stereocenters. The predicted molar refractivity (Wildman–Crippen MR) is 68.7 cm³/mol. The highest BCUT2D eigenvalue weighted by Gasteiger charge is 2.24. The van der Waals surface area contributed by atoms with Gasteiger partial charge in [-0.2, -0.15) is 11.8 Å². The Morgan fingerprint density at radius 3 is 2.87 bits per heavy atom. The third-order valence-electron chi connectivity index (χ3n) is 2.72. The maximum atomic E-state index is 5.68. The Morgan fingerprint density at radius 1 is 1.40 bits per heavy atom. The van der Waals surface area contributed by atoms with Crippen LogP contribution in [0, 0.1) is 0 Å². The normalized spacial score (nSPS) is 23.2. The van der Waals surface area contributed by atoms with Crippen LogP contribution in [0.25, 0.3) is 0 Å². The van der Waals surface area contributed by atoms with Gasteiger partial charge in [-0.05, 0) is 38.0 Å². The second kappa shape index (κ2) is 8.43. The summed E-state index contributed by atoms with van der Waals surface area (Å²) in [7, 11) is 0. The van der Waals surface area contributed by atoms with E-state index in [0.29, 0.717) is 6.04 Å². The summed E-state index contributed by atoms with van der Waals surface area (Å²) in [5.41, 5.74) is 0. The zero-order valence-electron chi connectivity index (χ0n) is 10.1. The van der Waals surface area contributed by atoms with Gasteiger partial charge in [0.2, 0.25) is 0 Å². The van der Waals surface area contributed by atoms with Gasteiger partial charge in [0.1, 0.15) is 0 Å². The fourth-order valence-electron chi connectivity index (χ4n) is 1.90. The van der Waals surface area contributed by atoms with Crippen molar-refractivity contribution in [3.63, 3.8) is 0 Å². The van der Waals surface area contributed by atoms with E-state index in [1.807, 2.05) is 0 Å². The fraction of sp³-hybridized carbons (Fsp3) is 1.00. The van der Waals surface area contributed by atoms with Crippen molar-refractivity contribution in [1.29, 1.82) is 0 Å². The number of hydrogen-bond acceptors (Lipinski definition) is 3. The molecule has 0 radical (unpaired) electrons. The van der Waals surface area contributed by atoms with E-state index in [2.05, 4.69) is 30.9 Å². The van der Waals surface area contributed by atoms with E-state index >= 15 is 0 Å². The standard InChI is InChI=1S/C12H25NOS/c1-3-7-13-11(10-14-8-4-2)12-6-5-9-15-12/h11-13H,3-10H2,1-2H3. The summed E-state index contributed by atoms with van der Waals surface area (Å²) in [5, 5.41) is 4.41. The van der Waals surface area contributed by atoms with Crippen molar-refractivity contribution in [3.8, 4) is 0 Å². The van der Waals surface area contributed by atoms with Gasteiger partial charge in [-0.25, -0.2) is 0 Å². The van der Waals surface area contributed by atoms with E-state index in [1.165, 1.54) is 25.0 Å². The second-order valence-corrected chi connectivity index (χ2v) is 5.53. The largest absolute Gasteiger partial charge is 0.380 e. The Labute approximate surface area is 98.5 Å². The van der Waals surface area contributed by atoms with Gasteiger partial charge in [0.05, 0.1) is 6.61 Å². The molecule has 3 heteroatoms. The summed E-state index contributed by atoms with van der Waals surface area (Å²) in [4.78, 5) is 0. The number of thioether (sulfide) groups is 1. The number of rotatable bonds is 8. The smallest absolute Gasteiger partial charge is 0.0630 e. The molecule has 90 valence electrons. The van der Waals surface area contributed by atoms with Crippen LogP contribution in [0.1, 0.15) is 39.5 Å². The van der Waals surface area contributed by atoms with Gasteiger partial charge < -0.3 is 10.1 Å². The second-order valence-electron chi connectivity index (χ2n) is 4.19. The first-order chi connectivity index (χ1) is 7.38. The van der Waals surface area contributed by atoms with Crippen LogP contribution >= 0.6 is 11.8 Å². The third-order valence-corrected chi connectivity index (χ3v) is 4.23. The van der Waals surface area contributed by atoms with E-state index in [9.17, 15) is 0 Å². The number of ether oxygens (including phenoxy) is 1. The molecule has 0 aromatic heterocycles. The average Bonchev–Trinajstić information content (AvgIpc) is 2.76. The highest BCUT2D eigenvalue weighted by Crippen LogP contribution is 2.28. The quantitative estimate of drug-likeness (QED) is 0.649. The van der Waals surface area contributed by atoms with Crippen LogP contribution in [-0.2, 0) is 4.74 Å². The molecule has 0 aromatic rings. The molecule has 15 heavy (non-hydrogen) atoms. The van der Waals surface area contributed by atoms with Gasteiger partial charge in [0, 0.05) is 17.9 Å².